The number of imide groups is 1. The van der Waals surface area contributed by atoms with Gasteiger partial charge in [0.05, 0.1) is 0 Å². The summed E-state index contributed by atoms with van der Waals surface area (Å²) in [4.78, 5) is 34.9. The molecule has 0 bridgehead atoms. The normalized spacial score (nSPS) is 10.6. The molecule has 0 aliphatic rings. The number of rotatable bonds is 8. The van der Waals surface area contributed by atoms with E-state index in [-0.39, 0.29) is 6.61 Å². The zero-order valence-corrected chi connectivity index (χ0v) is 17.3. The minimum Gasteiger partial charge on any atom is -0.489 e. The Balaban J connectivity index is 1.66. The summed E-state index contributed by atoms with van der Waals surface area (Å²) in [5.41, 5.74) is 0.567. The van der Waals surface area contributed by atoms with Crippen LogP contribution < -0.4 is 20.1 Å². The summed E-state index contributed by atoms with van der Waals surface area (Å²) < 4.78 is 15.8. The summed E-state index contributed by atoms with van der Waals surface area (Å²) in [6.45, 7) is 4.82. The van der Waals surface area contributed by atoms with Crippen LogP contribution in [0, 0.1) is 0 Å². The monoisotopic (exact) mass is 414 g/mol. The van der Waals surface area contributed by atoms with Gasteiger partial charge in [-0.25, -0.2) is 9.59 Å². The van der Waals surface area contributed by atoms with Gasteiger partial charge in [-0.1, -0.05) is 30.3 Å². The van der Waals surface area contributed by atoms with E-state index in [0.29, 0.717) is 18.1 Å². The van der Waals surface area contributed by atoms with Crippen molar-refractivity contribution < 1.29 is 28.6 Å². The van der Waals surface area contributed by atoms with E-state index >= 15 is 0 Å². The molecule has 2 N–H and O–H groups in total. The van der Waals surface area contributed by atoms with Crippen molar-refractivity contribution in [3.8, 4) is 11.5 Å². The summed E-state index contributed by atoms with van der Waals surface area (Å²) >= 11 is 0. The Morgan fingerprint density at radius 2 is 1.43 bits per heavy atom. The fourth-order valence-electron chi connectivity index (χ4n) is 2.24. The molecule has 0 aliphatic carbocycles. The number of carbonyl (C=O) groups is 3. The first-order chi connectivity index (χ1) is 14.2. The Hall–Kier alpha value is -3.55. The van der Waals surface area contributed by atoms with Gasteiger partial charge in [-0.3, -0.25) is 10.1 Å². The molecule has 8 heteroatoms. The molecule has 2 rings (SSSR count). The molecule has 160 valence electrons. The molecule has 2 aromatic carbocycles. The van der Waals surface area contributed by atoms with E-state index in [2.05, 4.69) is 10.6 Å². The number of amides is 3. The Morgan fingerprint density at radius 3 is 2.03 bits per heavy atom. The number of nitrogens with one attached hydrogen (secondary N) is 2. The fraction of sp³-hybridized carbons (Fsp3) is 0.318. The average molecular weight is 414 g/mol. The first kappa shape index (κ1) is 22.7. The highest BCUT2D eigenvalue weighted by molar-refractivity contribution is 5.95. The molecular formula is C22H26N2O6. The van der Waals surface area contributed by atoms with Gasteiger partial charge in [-0.05, 0) is 50.6 Å². The molecule has 0 saturated carbocycles. The van der Waals surface area contributed by atoms with Gasteiger partial charge < -0.3 is 19.5 Å². The molecule has 0 atom stereocenters. The van der Waals surface area contributed by atoms with Crippen molar-refractivity contribution >= 4 is 17.9 Å². The lowest BCUT2D eigenvalue weighted by Gasteiger charge is -2.20. The SMILES string of the molecule is CC(C)(C)NC(=O)NC(=O)COC(=O)COc1ccc(OCc2ccccc2)cc1. The quantitative estimate of drug-likeness (QED) is 0.644. The van der Waals surface area contributed by atoms with E-state index in [0.717, 1.165) is 5.56 Å². The average Bonchev–Trinajstić information content (AvgIpc) is 2.69. The van der Waals surface area contributed by atoms with Crippen LogP contribution in [0.4, 0.5) is 4.79 Å². The van der Waals surface area contributed by atoms with E-state index in [9.17, 15) is 14.4 Å². The molecule has 0 fully saturated rings. The lowest BCUT2D eigenvalue weighted by atomic mass is 10.1. The van der Waals surface area contributed by atoms with Crippen molar-refractivity contribution in [3.05, 3.63) is 60.2 Å². The third-order valence-corrected chi connectivity index (χ3v) is 3.53. The van der Waals surface area contributed by atoms with Gasteiger partial charge in [0, 0.05) is 5.54 Å². The van der Waals surface area contributed by atoms with Crippen LogP contribution >= 0.6 is 0 Å². The van der Waals surface area contributed by atoms with E-state index in [1.807, 2.05) is 30.3 Å². The highest BCUT2D eigenvalue weighted by Crippen LogP contribution is 2.18. The Labute approximate surface area is 175 Å². The molecule has 30 heavy (non-hydrogen) atoms. The van der Waals surface area contributed by atoms with Crippen LogP contribution in [0.2, 0.25) is 0 Å². The molecule has 8 nitrogen and oxygen atoms in total. The number of esters is 1. The number of hydrogen-bond acceptors (Lipinski definition) is 6. The van der Waals surface area contributed by atoms with Crippen LogP contribution in [-0.4, -0.2) is 36.7 Å². The zero-order chi connectivity index (χ0) is 22.0. The minimum atomic E-state index is -0.731. The van der Waals surface area contributed by atoms with Crippen LogP contribution in [0.1, 0.15) is 26.3 Å². The molecule has 0 aliphatic heterocycles. The number of ether oxygens (including phenoxy) is 3. The Kier molecular flexibility index (Phi) is 8.22. The Morgan fingerprint density at radius 1 is 0.833 bits per heavy atom. The first-order valence-corrected chi connectivity index (χ1v) is 9.38. The Bertz CT molecular complexity index is 844. The van der Waals surface area contributed by atoms with Crippen LogP contribution in [0.25, 0.3) is 0 Å². The molecule has 0 radical (unpaired) electrons. The molecule has 0 heterocycles. The van der Waals surface area contributed by atoms with Gasteiger partial charge in [0.15, 0.2) is 13.2 Å². The van der Waals surface area contributed by atoms with Gasteiger partial charge in [-0.2, -0.15) is 0 Å². The number of hydrogen-bond donors (Lipinski definition) is 2. The molecule has 0 aromatic heterocycles. The molecule has 0 spiro atoms. The van der Waals surface area contributed by atoms with Crippen LogP contribution in [0.15, 0.2) is 54.6 Å². The van der Waals surface area contributed by atoms with E-state index < -0.39 is 30.1 Å². The van der Waals surface area contributed by atoms with Crippen LogP contribution in [0.5, 0.6) is 11.5 Å². The van der Waals surface area contributed by atoms with Gasteiger partial charge in [-0.15, -0.1) is 0 Å². The maximum absolute atomic E-state index is 11.7. The van der Waals surface area contributed by atoms with Crippen molar-refractivity contribution in [1.82, 2.24) is 10.6 Å². The summed E-state index contributed by atoms with van der Waals surface area (Å²) in [6.07, 6.45) is 0. The van der Waals surface area contributed by atoms with Crippen molar-refractivity contribution in [2.75, 3.05) is 13.2 Å². The largest absolute Gasteiger partial charge is 0.489 e. The maximum atomic E-state index is 11.7. The van der Waals surface area contributed by atoms with E-state index in [1.165, 1.54) is 0 Å². The molecule has 2 aromatic rings. The summed E-state index contributed by atoms with van der Waals surface area (Å²) in [5.74, 6) is -0.345. The molecular weight excluding hydrogens is 388 g/mol. The first-order valence-electron chi connectivity index (χ1n) is 9.38. The zero-order valence-electron chi connectivity index (χ0n) is 17.3. The minimum absolute atomic E-state index is 0.369. The molecule has 3 amide bonds. The maximum Gasteiger partial charge on any atom is 0.344 e. The van der Waals surface area contributed by atoms with Crippen LogP contribution in [-0.2, 0) is 20.9 Å². The van der Waals surface area contributed by atoms with E-state index in [4.69, 9.17) is 14.2 Å². The van der Waals surface area contributed by atoms with Gasteiger partial charge in [0.25, 0.3) is 5.91 Å². The second-order valence-electron chi connectivity index (χ2n) is 7.45. The lowest BCUT2D eigenvalue weighted by Crippen LogP contribution is -2.49. The van der Waals surface area contributed by atoms with Crippen molar-refractivity contribution in [1.29, 1.82) is 0 Å². The second kappa shape index (κ2) is 10.8. The van der Waals surface area contributed by atoms with E-state index in [1.54, 1.807) is 45.0 Å². The van der Waals surface area contributed by atoms with Crippen LogP contribution in [0.3, 0.4) is 0 Å². The predicted octanol–water partition coefficient (Wildman–Crippen LogP) is 2.81. The van der Waals surface area contributed by atoms with Crippen molar-refractivity contribution in [2.45, 2.75) is 32.9 Å². The summed E-state index contributed by atoms with van der Waals surface area (Å²) in [7, 11) is 0. The standard InChI is InChI=1S/C22H26N2O6/c1-22(2,3)24-21(27)23-19(25)14-30-20(26)15-29-18-11-9-17(10-12-18)28-13-16-7-5-4-6-8-16/h4-12H,13-15H2,1-3H3,(H2,23,24,25,27). The third kappa shape index (κ3) is 9.09. The molecule has 0 saturated heterocycles. The van der Waals surface area contributed by atoms with Gasteiger partial charge in [0.1, 0.15) is 18.1 Å². The highest BCUT2D eigenvalue weighted by atomic mass is 16.6. The van der Waals surface area contributed by atoms with Gasteiger partial charge >= 0.3 is 12.0 Å². The topological polar surface area (TPSA) is 103 Å². The summed E-state index contributed by atoms with van der Waals surface area (Å²) in [6, 6.07) is 15.9. The number of urea groups is 1. The lowest BCUT2D eigenvalue weighted by molar-refractivity contribution is -0.150. The van der Waals surface area contributed by atoms with Crippen molar-refractivity contribution in [2.24, 2.45) is 0 Å². The van der Waals surface area contributed by atoms with Gasteiger partial charge in [0.2, 0.25) is 0 Å². The number of benzene rings is 2. The van der Waals surface area contributed by atoms with Crippen molar-refractivity contribution in [3.63, 3.8) is 0 Å². The molecule has 0 unspecified atom stereocenters. The smallest absolute Gasteiger partial charge is 0.344 e. The second-order valence-corrected chi connectivity index (χ2v) is 7.45. The fourth-order valence-corrected chi connectivity index (χ4v) is 2.24. The highest BCUT2D eigenvalue weighted by Gasteiger charge is 2.16. The number of carbonyl (C=O) groups excluding carboxylic acids is 3. The predicted molar refractivity (Wildman–Crippen MR) is 110 cm³/mol. The summed E-state index contributed by atoms with van der Waals surface area (Å²) in [5, 5.41) is 4.64. The third-order valence-electron chi connectivity index (χ3n) is 3.53.